The summed E-state index contributed by atoms with van der Waals surface area (Å²) >= 11 is 2.30. The van der Waals surface area contributed by atoms with Gasteiger partial charge >= 0.3 is 0 Å². The Kier molecular flexibility index (Phi) is 2.64. The van der Waals surface area contributed by atoms with E-state index in [2.05, 4.69) is 66.9 Å². The summed E-state index contributed by atoms with van der Waals surface area (Å²) in [7, 11) is 0. The van der Waals surface area contributed by atoms with E-state index in [0.717, 1.165) is 36.8 Å². The van der Waals surface area contributed by atoms with Crippen LogP contribution < -0.4 is 5.32 Å². The highest BCUT2D eigenvalue weighted by Gasteiger charge is 2.16. The monoisotopic (exact) mass is 326 g/mol. The summed E-state index contributed by atoms with van der Waals surface area (Å²) in [6.45, 7) is 2.75. The molecule has 5 heteroatoms. The second-order valence-corrected chi connectivity index (χ2v) is 5.02. The van der Waals surface area contributed by atoms with Crippen LogP contribution in [0.1, 0.15) is 5.82 Å². The number of hydrogen-bond acceptors (Lipinski definition) is 3. The number of nitrogens with one attached hydrogen (secondary N) is 1. The Labute approximate surface area is 107 Å². The number of aromatic nitrogens is 3. The molecule has 1 aromatic carbocycles. The van der Waals surface area contributed by atoms with Gasteiger partial charge in [0.2, 0.25) is 0 Å². The minimum Gasteiger partial charge on any atom is -0.309 e. The van der Waals surface area contributed by atoms with Gasteiger partial charge in [0.05, 0.1) is 6.54 Å². The highest BCUT2D eigenvalue weighted by atomic mass is 127. The van der Waals surface area contributed by atoms with Crippen molar-refractivity contribution in [1.29, 1.82) is 0 Å². The average molecular weight is 326 g/mol. The van der Waals surface area contributed by atoms with Crippen molar-refractivity contribution in [2.75, 3.05) is 6.54 Å². The predicted molar refractivity (Wildman–Crippen MR) is 69.9 cm³/mol. The molecule has 0 saturated heterocycles. The van der Waals surface area contributed by atoms with Crippen LogP contribution in [0.5, 0.6) is 0 Å². The molecule has 1 aliphatic rings. The fourth-order valence-corrected chi connectivity index (χ4v) is 2.26. The zero-order valence-corrected chi connectivity index (χ0v) is 10.8. The summed E-state index contributed by atoms with van der Waals surface area (Å²) in [5.41, 5.74) is 1.14. The van der Waals surface area contributed by atoms with E-state index < -0.39 is 0 Å². The van der Waals surface area contributed by atoms with Crippen LogP contribution >= 0.6 is 22.6 Å². The van der Waals surface area contributed by atoms with Crippen LogP contribution in [0, 0.1) is 3.57 Å². The Bertz CT molecular complexity index is 503. The van der Waals surface area contributed by atoms with Gasteiger partial charge in [0, 0.05) is 22.2 Å². The van der Waals surface area contributed by atoms with E-state index in [1.807, 2.05) is 0 Å². The van der Waals surface area contributed by atoms with E-state index in [4.69, 9.17) is 0 Å². The number of nitrogens with zero attached hydrogens (tertiary/aromatic N) is 3. The van der Waals surface area contributed by atoms with Gasteiger partial charge in [-0.15, -0.1) is 10.2 Å². The van der Waals surface area contributed by atoms with Crippen LogP contribution in [0.3, 0.4) is 0 Å². The molecule has 0 aliphatic carbocycles. The maximum atomic E-state index is 4.27. The summed E-state index contributed by atoms with van der Waals surface area (Å²) in [5, 5.41) is 11.8. The molecule has 3 rings (SSSR count). The first-order chi connectivity index (χ1) is 7.84. The van der Waals surface area contributed by atoms with E-state index in [0.29, 0.717) is 0 Å². The third-order valence-electron chi connectivity index (χ3n) is 2.73. The standard InChI is InChI=1S/C11H11IN4/c12-9-3-1-8(2-4-9)11-15-14-10-7-13-5-6-16(10)11/h1-4,13H,5-7H2. The molecule has 1 aromatic heterocycles. The van der Waals surface area contributed by atoms with Crippen molar-refractivity contribution < 1.29 is 0 Å². The van der Waals surface area contributed by atoms with Crippen molar-refractivity contribution in [3.8, 4) is 11.4 Å². The number of rotatable bonds is 1. The molecule has 82 valence electrons. The topological polar surface area (TPSA) is 42.7 Å². The molecule has 0 unspecified atom stereocenters. The molecule has 0 bridgehead atoms. The molecule has 0 spiro atoms. The lowest BCUT2D eigenvalue weighted by Crippen LogP contribution is -2.28. The first-order valence-electron chi connectivity index (χ1n) is 5.23. The first kappa shape index (κ1) is 10.2. The SMILES string of the molecule is Ic1ccc(-c2nnc3n2CCNC3)cc1. The Morgan fingerprint density at radius 2 is 2.00 bits per heavy atom. The van der Waals surface area contributed by atoms with E-state index >= 15 is 0 Å². The van der Waals surface area contributed by atoms with E-state index in [1.165, 1.54) is 3.57 Å². The third-order valence-corrected chi connectivity index (χ3v) is 3.44. The van der Waals surface area contributed by atoms with E-state index in [1.54, 1.807) is 0 Å². The zero-order chi connectivity index (χ0) is 11.0. The molecular formula is C11H11IN4. The second-order valence-electron chi connectivity index (χ2n) is 3.78. The minimum atomic E-state index is 0.817. The highest BCUT2D eigenvalue weighted by Crippen LogP contribution is 2.20. The number of hydrogen-bond donors (Lipinski definition) is 1. The maximum Gasteiger partial charge on any atom is 0.164 e. The van der Waals surface area contributed by atoms with Crippen LogP contribution in [0.25, 0.3) is 11.4 Å². The van der Waals surface area contributed by atoms with Crippen molar-refractivity contribution in [3.05, 3.63) is 33.7 Å². The highest BCUT2D eigenvalue weighted by molar-refractivity contribution is 14.1. The van der Waals surface area contributed by atoms with Gasteiger partial charge in [0.15, 0.2) is 5.82 Å². The van der Waals surface area contributed by atoms with Gasteiger partial charge in [-0.25, -0.2) is 0 Å². The lowest BCUT2D eigenvalue weighted by molar-refractivity contribution is 0.508. The summed E-state index contributed by atoms with van der Waals surface area (Å²) in [6.07, 6.45) is 0. The molecule has 0 radical (unpaired) electrons. The number of halogens is 1. The molecule has 0 fully saturated rings. The molecule has 2 heterocycles. The van der Waals surface area contributed by atoms with Gasteiger partial charge < -0.3 is 9.88 Å². The van der Waals surface area contributed by atoms with Crippen LogP contribution in [0.15, 0.2) is 24.3 Å². The summed E-state index contributed by atoms with van der Waals surface area (Å²) in [6, 6.07) is 8.39. The Morgan fingerprint density at radius 1 is 1.19 bits per heavy atom. The number of benzene rings is 1. The van der Waals surface area contributed by atoms with Crippen molar-refractivity contribution in [1.82, 2.24) is 20.1 Å². The van der Waals surface area contributed by atoms with Gasteiger partial charge in [-0.1, -0.05) is 12.1 Å². The smallest absolute Gasteiger partial charge is 0.164 e. The molecule has 2 aromatic rings. The van der Waals surface area contributed by atoms with Crippen molar-refractivity contribution in [2.24, 2.45) is 0 Å². The number of fused-ring (bicyclic) bond motifs is 1. The largest absolute Gasteiger partial charge is 0.309 e. The predicted octanol–water partition coefficient (Wildman–Crippen LogP) is 1.65. The molecular weight excluding hydrogens is 315 g/mol. The minimum absolute atomic E-state index is 0.817. The third kappa shape index (κ3) is 1.73. The Balaban J connectivity index is 2.06. The van der Waals surface area contributed by atoms with E-state index in [9.17, 15) is 0 Å². The molecule has 4 nitrogen and oxygen atoms in total. The lowest BCUT2D eigenvalue weighted by Gasteiger charge is -2.15. The zero-order valence-electron chi connectivity index (χ0n) is 8.65. The van der Waals surface area contributed by atoms with Gasteiger partial charge in [-0.2, -0.15) is 0 Å². The second kappa shape index (κ2) is 4.14. The maximum absolute atomic E-state index is 4.27. The van der Waals surface area contributed by atoms with Crippen molar-refractivity contribution in [2.45, 2.75) is 13.1 Å². The molecule has 1 N–H and O–H groups in total. The van der Waals surface area contributed by atoms with Crippen molar-refractivity contribution >= 4 is 22.6 Å². The normalized spacial score (nSPS) is 14.8. The van der Waals surface area contributed by atoms with Gasteiger partial charge in [0.1, 0.15) is 5.82 Å². The van der Waals surface area contributed by atoms with Crippen LogP contribution in [-0.2, 0) is 13.1 Å². The molecule has 0 amide bonds. The molecule has 16 heavy (non-hydrogen) atoms. The van der Waals surface area contributed by atoms with Crippen LogP contribution in [0.4, 0.5) is 0 Å². The van der Waals surface area contributed by atoms with Crippen molar-refractivity contribution in [3.63, 3.8) is 0 Å². The van der Waals surface area contributed by atoms with Gasteiger partial charge in [-0.05, 0) is 34.7 Å². The molecule has 0 saturated carbocycles. The molecule has 1 aliphatic heterocycles. The quantitative estimate of drug-likeness (QED) is 0.811. The summed E-state index contributed by atoms with van der Waals surface area (Å²) in [5.74, 6) is 2.01. The fourth-order valence-electron chi connectivity index (χ4n) is 1.90. The van der Waals surface area contributed by atoms with Crippen LogP contribution in [-0.4, -0.2) is 21.3 Å². The Morgan fingerprint density at radius 3 is 2.81 bits per heavy atom. The average Bonchev–Trinajstić information content (AvgIpc) is 2.74. The molecule has 0 atom stereocenters. The summed E-state index contributed by atoms with van der Waals surface area (Å²) < 4.78 is 3.43. The van der Waals surface area contributed by atoms with Gasteiger partial charge in [-0.3, -0.25) is 0 Å². The van der Waals surface area contributed by atoms with Crippen LogP contribution in [0.2, 0.25) is 0 Å². The first-order valence-corrected chi connectivity index (χ1v) is 6.31. The summed E-state index contributed by atoms with van der Waals surface area (Å²) in [4.78, 5) is 0. The Hall–Kier alpha value is -0.950. The van der Waals surface area contributed by atoms with Gasteiger partial charge in [0.25, 0.3) is 0 Å². The fraction of sp³-hybridized carbons (Fsp3) is 0.273. The lowest BCUT2D eigenvalue weighted by atomic mass is 10.2. The van der Waals surface area contributed by atoms with E-state index in [-0.39, 0.29) is 0 Å².